The molecule has 11 nitrogen and oxygen atoms in total. The molecule has 0 aliphatic carbocycles. The predicted molar refractivity (Wildman–Crippen MR) is 171 cm³/mol. The second-order valence-corrected chi connectivity index (χ2v) is 10.9. The molecule has 1 saturated heterocycles. The van der Waals surface area contributed by atoms with Crippen LogP contribution in [0.25, 0.3) is 34.3 Å². The second-order valence-electron chi connectivity index (χ2n) is 10.9. The number of para-hydroxylation sites is 1. The van der Waals surface area contributed by atoms with E-state index in [1.807, 2.05) is 98.7 Å². The Balaban J connectivity index is 1.50. The molecule has 4 aromatic rings. The van der Waals surface area contributed by atoms with Gasteiger partial charge in [0, 0.05) is 50.2 Å². The molecule has 0 radical (unpaired) electrons. The highest BCUT2D eigenvalue weighted by molar-refractivity contribution is 5.90. The number of carbonyl (C=O) groups excluding carboxylic acids is 1. The van der Waals surface area contributed by atoms with Gasteiger partial charge in [-0.1, -0.05) is 12.1 Å². The van der Waals surface area contributed by atoms with Gasteiger partial charge in [0.05, 0.1) is 32.0 Å². The summed E-state index contributed by atoms with van der Waals surface area (Å²) < 4.78 is 11.0. The first-order chi connectivity index (χ1) is 20.7. The van der Waals surface area contributed by atoms with E-state index in [1.54, 1.807) is 14.2 Å². The molecule has 0 spiro atoms. The lowest BCUT2D eigenvalue weighted by Gasteiger charge is -2.20. The lowest BCUT2D eigenvalue weighted by atomic mass is 10.1. The number of rotatable bonds is 10. The highest BCUT2D eigenvalue weighted by Gasteiger charge is 2.26. The van der Waals surface area contributed by atoms with Gasteiger partial charge in [0.1, 0.15) is 11.6 Å². The molecule has 0 saturated carbocycles. The van der Waals surface area contributed by atoms with Crippen LogP contribution in [-0.4, -0.2) is 98.8 Å². The summed E-state index contributed by atoms with van der Waals surface area (Å²) in [5.41, 5.74) is 2.46. The molecule has 2 aromatic carbocycles. The van der Waals surface area contributed by atoms with Crippen molar-refractivity contribution in [2.45, 2.75) is 12.5 Å². The summed E-state index contributed by atoms with van der Waals surface area (Å²) >= 11 is 0. The highest BCUT2D eigenvalue weighted by Crippen LogP contribution is 2.33. The molecular weight excluding hydrogens is 544 g/mol. The van der Waals surface area contributed by atoms with E-state index >= 15 is 0 Å². The van der Waals surface area contributed by atoms with Crippen molar-refractivity contribution in [1.82, 2.24) is 30.2 Å². The normalized spacial score (nSPS) is 15.0. The van der Waals surface area contributed by atoms with Gasteiger partial charge in [0.15, 0.2) is 23.1 Å². The van der Waals surface area contributed by atoms with Crippen LogP contribution >= 0.6 is 0 Å². The van der Waals surface area contributed by atoms with Gasteiger partial charge in [0.25, 0.3) is 0 Å². The zero-order chi connectivity index (χ0) is 30.5. The van der Waals surface area contributed by atoms with Gasteiger partial charge in [0.2, 0.25) is 5.91 Å². The lowest BCUT2D eigenvalue weighted by molar-refractivity contribution is -0.122. The van der Waals surface area contributed by atoms with Crippen molar-refractivity contribution in [1.29, 1.82) is 0 Å². The molecule has 11 heteroatoms. The molecule has 2 aromatic heterocycles. The van der Waals surface area contributed by atoms with E-state index in [-0.39, 0.29) is 11.9 Å². The highest BCUT2D eigenvalue weighted by atomic mass is 16.5. The van der Waals surface area contributed by atoms with E-state index in [4.69, 9.17) is 29.4 Å². The topological polar surface area (TPSA) is 109 Å². The van der Waals surface area contributed by atoms with Crippen molar-refractivity contribution < 1.29 is 14.3 Å². The minimum absolute atomic E-state index is 0.0154. The summed E-state index contributed by atoms with van der Waals surface area (Å²) in [7, 11) is 10.9. The van der Waals surface area contributed by atoms with Crippen LogP contribution in [0.1, 0.15) is 18.1 Å². The van der Waals surface area contributed by atoms with Crippen LogP contribution in [-0.2, 0) is 4.79 Å². The standard InChI is InChI=1S/C32H38N8O3/c1-38(2)20-31(41)33-22-15-16-40(19-22)30-18-25(21-11-12-26(42-5)27(17-21)43-6)35-28(36-30)13-14-29-34-24-10-8-7-9-23(24)32(37-29)39(3)4/h7-14,17-18,22H,15-16,19-20H2,1-6H3,(H,33,41). The summed E-state index contributed by atoms with van der Waals surface area (Å²) in [5, 5.41) is 4.13. The van der Waals surface area contributed by atoms with E-state index < -0.39 is 0 Å². The first kappa shape index (κ1) is 29.7. The van der Waals surface area contributed by atoms with Crippen molar-refractivity contribution in [3.63, 3.8) is 0 Å². The van der Waals surface area contributed by atoms with Crippen molar-refractivity contribution in [3.8, 4) is 22.8 Å². The Morgan fingerprint density at radius 2 is 1.70 bits per heavy atom. The van der Waals surface area contributed by atoms with Crippen molar-refractivity contribution in [2.75, 3.05) is 71.8 Å². The second kappa shape index (κ2) is 13.0. The number of amides is 1. The SMILES string of the molecule is COc1ccc(-c2cc(N3CCC(NC(=O)CN(C)C)C3)nc(C=Cc3nc(N(C)C)c4ccccc4n3)n2)cc1OC. The average molecular weight is 583 g/mol. The van der Waals surface area contributed by atoms with Crippen LogP contribution in [0.2, 0.25) is 0 Å². The first-order valence-corrected chi connectivity index (χ1v) is 14.2. The van der Waals surface area contributed by atoms with Gasteiger partial charge in [-0.15, -0.1) is 0 Å². The lowest BCUT2D eigenvalue weighted by Crippen LogP contribution is -2.41. The molecule has 1 atom stereocenters. The van der Waals surface area contributed by atoms with Gasteiger partial charge >= 0.3 is 0 Å². The van der Waals surface area contributed by atoms with Crippen LogP contribution in [0.15, 0.2) is 48.5 Å². The molecule has 224 valence electrons. The van der Waals surface area contributed by atoms with E-state index in [2.05, 4.69) is 10.2 Å². The number of nitrogens with zero attached hydrogens (tertiary/aromatic N) is 7. The number of anilines is 2. The molecule has 5 rings (SSSR count). The average Bonchev–Trinajstić information content (AvgIpc) is 3.46. The Labute approximate surface area is 252 Å². The maximum atomic E-state index is 12.4. The number of likely N-dealkylation sites (N-methyl/N-ethyl adjacent to an activating group) is 1. The van der Waals surface area contributed by atoms with Gasteiger partial charge in [-0.25, -0.2) is 19.9 Å². The fourth-order valence-electron chi connectivity index (χ4n) is 5.12. The third-order valence-corrected chi connectivity index (χ3v) is 7.15. The summed E-state index contributed by atoms with van der Waals surface area (Å²) in [6, 6.07) is 15.7. The van der Waals surface area contributed by atoms with Gasteiger partial charge < -0.3 is 29.5 Å². The molecule has 1 fully saturated rings. The van der Waals surface area contributed by atoms with Crippen LogP contribution in [0, 0.1) is 0 Å². The van der Waals surface area contributed by atoms with E-state index in [0.717, 1.165) is 46.8 Å². The van der Waals surface area contributed by atoms with Crippen molar-refractivity contribution in [2.24, 2.45) is 0 Å². The Hall–Kier alpha value is -4.77. The molecule has 0 bridgehead atoms. The van der Waals surface area contributed by atoms with Crippen LogP contribution in [0.3, 0.4) is 0 Å². The molecule has 1 unspecified atom stereocenters. The largest absolute Gasteiger partial charge is 0.493 e. The number of fused-ring (bicyclic) bond motifs is 1. The molecular formula is C32H38N8O3. The summed E-state index contributed by atoms with van der Waals surface area (Å²) in [6.45, 7) is 1.78. The molecule has 43 heavy (non-hydrogen) atoms. The van der Waals surface area contributed by atoms with Gasteiger partial charge in [-0.2, -0.15) is 0 Å². The van der Waals surface area contributed by atoms with E-state index in [9.17, 15) is 4.79 Å². The number of aromatic nitrogens is 4. The molecule has 1 N–H and O–H groups in total. The summed E-state index contributed by atoms with van der Waals surface area (Å²) in [6.07, 6.45) is 4.51. The van der Waals surface area contributed by atoms with Gasteiger partial charge in [-0.3, -0.25) is 4.79 Å². The zero-order valence-corrected chi connectivity index (χ0v) is 25.5. The number of hydrogen-bond acceptors (Lipinski definition) is 10. The van der Waals surface area contributed by atoms with Crippen LogP contribution in [0.5, 0.6) is 11.5 Å². The number of carbonyl (C=O) groups is 1. The number of nitrogens with one attached hydrogen (secondary N) is 1. The maximum absolute atomic E-state index is 12.4. The Morgan fingerprint density at radius 1 is 0.953 bits per heavy atom. The fraction of sp³-hybridized carbons (Fsp3) is 0.344. The predicted octanol–water partition coefficient (Wildman–Crippen LogP) is 3.60. The first-order valence-electron chi connectivity index (χ1n) is 14.2. The third-order valence-electron chi connectivity index (χ3n) is 7.15. The quantitative estimate of drug-likeness (QED) is 0.298. The molecule has 1 aliphatic heterocycles. The van der Waals surface area contributed by atoms with Crippen LogP contribution in [0.4, 0.5) is 11.6 Å². The number of methoxy groups -OCH3 is 2. The van der Waals surface area contributed by atoms with Crippen LogP contribution < -0.4 is 24.6 Å². The number of hydrogen-bond donors (Lipinski definition) is 1. The molecule has 1 aliphatic rings. The van der Waals surface area contributed by atoms with Crippen molar-refractivity contribution in [3.05, 3.63) is 60.2 Å². The van der Waals surface area contributed by atoms with E-state index in [1.165, 1.54) is 0 Å². The van der Waals surface area contributed by atoms with Gasteiger partial charge in [-0.05, 0) is 63.0 Å². The Morgan fingerprint density at radius 3 is 2.42 bits per heavy atom. The Bertz CT molecular complexity index is 1640. The zero-order valence-electron chi connectivity index (χ0n) is 25.5. The maximum Gasteiger partial charge on any atom is 0.234 e. The number of benzene rings is 2. The van der Waals surface area contributed by atoms with E-state index in [0.29, 0.717) is 36.2 Å². The monoisotopic (exact) mass is 582 g/mol. The summed E-state index contributed by atoms with van der Waals surface area (Å²) in [5.74, 6) is 3.97. The smallest absolute Gasteiger partial charge is 0.234 e. The molecule has 3 heterocycles. The molecule has 1 amide bonds. The fourth-order valence-corrected chi connectivity index (χ4v) is 5.12. The third kappa shape index (κ3) is 7.00. The number of ether oxygens (including phenoxy) is 2. The van der Waals surface area contributed by atoms with Crippen molar-refractivity contribution >= 4 is 40.6 Å². The minimum Gasteiger partial charge on any atom is -0.493 e. The minimum atomic E-state index is 0.0154. The summed E-state index contributed by atoms with van der Waals surface area (Å²) in [4.78, 5) is 37.7. The Kier molecular flexibility index (Phi) is 9.01.